The third kappa shape index (κ3) is 3.49. The number of nitrogens with zero attached hydrogens (tertiary/aromatic N) is 4. The lowest BCUT2D eigenvalue weighted by atomic mass is 10.1. The first kappa shape index (κ1) is 20.2. The molecule has 3 unspecified atom stereocenters. The van der Waals surface area contributed by atoms with E-state index >= 15 is 0 Å². The highest BCUT2D eigenvalue weighted by molar-refractivity contribution is 7.99. The van der Waals surface area contributed by atoms with Crippen LogP contribution in [0.5, 0.6) is 0 Å². The molecule has 0 radical (unpaired) electrons. The molecule has 0 saturated carbocycles. The SMILES string of the molecule is Nc1ncnc2c1nc(Sc1ccc(Cl)cc1)n2C1OC2COP(=O)([O-])O[C@@H]2[C@@H]1[OH2+]. The van der Waals surface area contributed by atoms with Gasteiger partial charge in [0.25, 0.3) is 7.82 Å². The van der Waals surface area contributed by atoms with E-state index in [1.54, 1.807) is 16.7 Å². The third-order valence-corrected chi connectivity index (χ3v) is 6.94. The Labute approximate surface area is 178 Å². The minimum atomic E-state index is -4.46. The van der Waals surface area contributed by atoms with Crippen molar-refractivity contribution in [3.05, 3.63) is 35.6 Å². The number of phosphoric ester groups is 1. The predicted octanol–water partition coefficient (Wildman–Crippen LogP) is 1.09. The summed E-state index contributed by atoms with van der Waals surface area (Å²) in [6, 6.07) is 7.14. The number of hydrogen-bond acceptors (Lipinski definition) is 10. The number of hydrogen-bond donors (Lipinski definition) is 1. The fourth-order valence-electron chi connectivity index (χ4n) is 3.38. The number of nitrogens with two attached hydrogens (primary N) is 1. The van der Waals surface area contributed by atoms with Gasteiger partial charge in [-0.1, -0.05) is 23.4 Å². The van der Waals surface area contributed by atoms with Crippen LogP contribution in [0, 0.1) is 0 Å². The molecule has 4 N–H and O–H groups in total. The molecule has 0 aliphatic carbocycles. The Hall–Kier alpha value is -1.76. The van der Waals surface area contributed by atoms with E-state index in [9.17, 15) is 9.46 Å². The summed E-state index contributed by atoms with van der Waals surface area (Å²) in [7, 11) is -4.46. The molecule has 11 nitrogen and oxygen atoms in total. The Morgan fingerprint density at radius 3 is 2.87 bits per heavy atom. The van der Waals surface area contributed by atoms with Gasteiger partial charge in [-0.3, -0.25) is 9.13 Å². The largest absolute Gasteiger partial charge is 0.756 e. The zero-order valence-electron chi connectivity index (χ0n) is 15.0. The maximum Gasteiger partial charge on any atom is 0.268 e. The van der Waals surface area contributed by atoms with Gasteiger partial charge < -0.3 is 29.5 Å². The van der Waals surface area contributed by atoms with E-state index in [2.05, 4.69) is 15.0 Å². The Morgan fingerprint density at radius 2 is 2.10 bits per heavy atom. The van der Waals surface area contributed by atoms with Gasteiger partial charge in [-0.25, -0.2) is 15.0 Å². The minimum absolute atomic E-state index is 0.178. The van der Waals surface area contributed by atoms with Crippen LogP contribution in [0.4, 0.5) is 5.82 Å². The summed E-state index contributed by atoms with van der Waals surface area (Å²) < 4.78 is 29.0. The first-order chi connectivity index (χ1) is 14.3. The summed E-state index contributed by atoms with van der Waals surface area (Å²) in [5.74, 6) is 0.178. The van der Waals surface area contributed by atoms with Crippen LogP contribution in [0.1, 0.15) is 6.23 Å². The standard InChI is InChI=1S/C16H15ClN5O6PS/c17-7-1-3-8(4-2-7)30-16-21-10-13(18)19-6-20-14(10)22(16)15-11(23)12-9(27-15)5-26-29(24,25)28-12/h1-4,6,9,11-12,15,23H,5H2,(H,24,25)(H2,18,19,20)/t9?,11-,12-,15?/m0/s1. The number of benzene rings is 1. The molecule has 0 amide bonds. The lowest BCUT2D eigenvalue weighted by Gasteiger charge is -2.33. The van der Waals surface area contributed by atoms with Crippen molar-refractivity contribution in [1.82, 2.24) is 19.5 Å². The number of nitrogen functional groups attached to an aromatic ring is 1. The monoisotopic (exact) mass is 471 g/mol. The minimum Gasteiger partial charge on any atom is -0.756 e. The number of rotatable bonds is 3. The van der Waals surface area contributed by atoms with Crippen LogP contribution in [-0.2, 0) is 18.3 Å². The highest BCUT2D eigenvalue weighted by Crippen LogP contribution is 2.50. The van der Waals surface area contributed by atoms with Gasteiger partial charge in [0.1, 0.15) is 12.4 Å². The Kier molecular flexibility index (Phi) is 4.99. The van der Waals surface area contributed by atoms with Crippen molar-refractivity contribution in [2.45, 2.75) is 34.6 Å². The molecular formula is C16H15ClN5O6PS. The molecule has 2 fully saturated rings. The topological polar surface area (TPSA) is 160 Å². The van der Waals surface area contributed by atoms with E-state index in [0.29, 0.717) is 21.3 Å². The number of phosphoric acid groups is 1. The average molecular weight is 472 g/mol. The summed E-state index contributed by atoms with van der Waals surface area (Å²) >= 11 is 7.26. The second kappa shape index (κ2) is 7.43. The molecule has 0 bridgehead atoms. The van der Waals surface area contributed by atoms with Crippen LogP contribution in [0.3, 0.4) is 0 Å². The van der Waals surface area contributed by atoms with E-state index in [4.69, 9.17) is 36.2 Å². The van der Waals surface area contributed by atoms with Crippen molar-refractivity contribution in [1.29, 1.82) is 0 Å². The quantitative estimate of drug-likeness (QED) is 0.432. The summed E-state index contributed by atoms with van der Waals surface area (Å²) in [5, 5.41) is 9.63. The Morgan fingerprint density at radius 1 is 1.33 bits per heavy atom. The molecule has 5 atom stereocenters. The van der Waals surface area contributed by atoms with Crippen LogP contribution < -0.4 is 10.6 Å². The molecule has 3 aromatic rings. The predicted molar refractivity (Wildman–Crippen MR) is 105 cm³/mol. The van der Waals surface area contributed by atoms with Crippen molar-refractivity contribution >= 4 is 48.2 Å². The number of halogens is 1. The van der Waals surface area contributed by atoms with E-state index in [1.165, 1.54) is 18.1 Å². The Balaban J connectivity index is 1.58. The number of ether oxygens (including phenoxy) is 1. The van der Waals surface area contributed by atoms with Crippen molar-refractivity contribution in [3.8, 4) is 0 Å². The number of imidazole rings is 1. The molecule has 2 saturated heterocycles. The third-order valence-electron chi connectivity index (χ3n) is 4.74. The molecule has 2 aliphatic heterocycles. The number of anilines is 1. The van der Waals surface area contributed by atoms with Crippen LogP contribution >= 0.6 is 31.2 Å². The normalized spacial score (nSPS) is 31.2. The number of fused-ring (bicyclic) bond motifs is 2. The van der Waals surface area contributed by atoms with Crippen LogP contribution in [-0.4, -0.2) is 49.5 Å². The molecule has 5 rings (SSSR count). The van der Waals surface area contributed by atoms with Crippen molar-refractivity contribution in [2.24, 2.45) is 0 Å². The second-order valence-electron chi connectivity index (χ2n) is 6.66. The van der Waals surface area contributed by atoms with Crippen molar-refractivity contribution < 1.29 is 28.3 Å². The van der Waals surface area contributed by atoms with Crippen LogP contribution in [0.15, 0.2) is 40.6 Å². The number of aromatic nitrogens is 4. The van der Waals surface area contributed by atoms with Crippen molar-refractivity contribution in [2.75, 3.05) is 12.3 Å². The average Bonchev–Trinajstić information content (AvgIpc) is 3.21. The van der Waals surface area contributed by atoms with Gasteiger partial charge in [-0.2, -0.15) is 0 Å². The first-order valence-corrected chi connectivity index (χ1v) is 11.4. The summed E-state index contributed by atoms with van der Waals surface area (Å²) in [5.41, 5.74) is 6.69. The molecule has 0 spiro atoms. The van der Waals surface area contributed by atoms with E-state index in [1.807, 2.05) is 12.1 Å². The van der Waals surface area contributed by atoms with E-state index in [-0.39, 0.29) is 12.4 Å². The maximum atomic E-state index is 11.7. The summed E-state index contributed by atoms with van der Waals surface area (Å²) in [6.07, 6.45) is -2.43. The summed E-state index contributed by atoms with van der Waals surface area (Å²) in [4.78, 5) is 25.3. The smallest absolute Gasteiger partial charge is 0.268 e. The van der Waals surface area contributed by atoms with Gasteiger partial charge in [0.15, 0.2) is 28.2 Å². The van der Waals surface area contributed by atoms with Gasteiger partial charge in [0, 0.05) is 9.92 Å². The fourth-order valence-corrected chi connectivity index (χ4v) is 5.37. The lowest BCUT2D eigenvalue weighted by Crippen LogP contribution is -2.41. The fraction of sp³-hybridized carbons (Fsp3) is 0.312. The molecule has 30 heavy (non-hydrogen) atoms. The molecule has 1 aromatic carbocycles. The molecular weight excluding hydrogens is 457 g/mol. The van der Waals surface area contributed by atoms with Gasteiger partial charge in [0.2, 0.25) is 12.3 Å². The van der Waals surface area contributed by atoms with Gasteiger partial charge in [-0.05, 0) is 24.3 Å². The molecule has 158 valence electrons. The highest BCUT2D eigenvalue weighted by atomic mass is 35.5. The highest BCUT2D eigenvalue weighted by Gasteiger charge is 2.54. The molecule has 2 aromatic heterocycles. The maximum absolute atomic E-state index is 11.7. The zero-order valence-corrected chi connectivity index (χ0v) is 17.5. The van der Waals surface area contributed by atoms with Gasteiger partial charge in [0.05, 0.1) is 6.61 Å². The Bertz CT molecular complexity index is 1160. The van der Waals surface area contributed by atoms with E-state index in [0.717, 1.165) is 4.90 Å². The van der Waals surface area contributed by atoms with Gasteiger partial charge in [-0.15, -0.1) is 0 Å². The molecule has 4 heterocycles. The van der Waals surface area contributed by atoms with Crippen LogP contribution in [0.25, 0.3) is 11.2 Å². The van der Waals surface area contributed by atoms with Crippen LogP contribution in [0.2, 0.25) is 5.02 Å². The van der Waals surface area contributed by atoms with Gasteiger partial charge >= 0.3 is 0 Å². The van der Waals surface area contributed by atoms with Crippen molar-refractivity contribution in [3.63, 3.8) is 0 Å². The molecule has 14 heteroatoms. The zero-order chi connectivity index (χ0) is 21.0. The summed E-state index contributed by atoms with van der Waals surface area (Å²) in [6.45, 7) is -0.221. The lowest BCUT2D eigenvalue weighted by molar-refractivity contribution is -0.245. The first-order valence-electron chi connectivity index (χ1n) is 8.75. The second-order valence-corrected chi connectivity index (χ2v) is 9.50. The van der Waals surface area contributed by atoms with E-state index < -0.39 is 32.4 Å². The molecule has 2 aliphatic rings.